The number of piperidine rings is 1. The summed E-state index contributed by atoms with van der Waals surface area (Å²) in [5.41, 5.74) is 9.02. The fourth-order valence-electron chi connectivity index (χ4n) is 4.64. The fourth-order valence-corrected chi connectivity index (χ4v) is 4.64. The minimum absolute atomic E-state index is 0.0220. The third-order valence-electron chi connectivity index (χ3n) is 8.07. The molecule has 1 aromatic rings. The van der Waals surface area contributed by atoms with Crippen LogP contribution in [0.2, 0.25) is 0 Å². The second kappa shape index (κ2) is 25.1. The molecule has 3 fully saturated rings. The van der Waals surface area contributed by atoms with E-state index >= 15 is 0 Å². The zero-order chi connectivity index (χ0) is 35.8. The third-order valence-corrected chi connectivity index (χ3v) is 8.07. The summed E-state index contributed by atoms with van der Waals surface area (Å²) in [6.07, 6.45) is 10.4. The Bertz CT molecular complexity index is 1010. The number of carbonyl (C=O) groups excluding carboxylic acids is 2. The number of aliphatic hydroxyl groups is 1. The number of nitrogens with two attached hydrogens (primary N) is 1. The normalized spacial score (nSPS) is 21.1. The quantitative estimate of drug-likeness (QED) is 0.206. The second-order valence-electron chi connectivity index (χ2n) is 13.4. The van der Waals surface area contributed by atoms with Crippen LogP contribution in [0.1, 0.15) is 89.7 Å². The molecule has 2 heterocycles. The predicted octanol–water partition coefficient (Wildman–Crippen LogP) is 4.88. The number of ether oxygens (including phenoxy) is 1. The van der Waals surface area contributed by atoms with E-state index in [1.807, 2.05) is 44.9 Å². The highest BCUT2D eigenvalue weighted by atomic mass is 19.1. The average Bonchev–Trinajstić information content (AvgIpc) is 3.45. The molecule has 11 heteroatoms. The molecule has 10 nitrogen and oxygen atoms in total. The molecule has 0 unspecified atom stereocenters. The van der Waals surface area contributed by atoms with Crippen LogP contribution >= 0.6 is 0 Å². The summed E-state index contributed by atoms with van der Waals surface area (Å²) in [6.45, 7) is 11.5. The van der Waals surface area contributed by atoms with Gasteiger partial charge in [0.1, 0.15) is 12.5 Å². The molecule has 1 amide bonds. The van der Waals surface area contributed by atoms with E-state index in [1.54, 1.807) is 14.0 Å². The lowest BCUT2D eigenvalue weighted by Crippen LogP contribution is -2.32. The van der Waals surface area contributed by atoms with Crippen molar-refractivity contribution >= 4 is 24.6 Å². The number of alkyl halides is 1. The van der Waals surface area contributed by atoms with E-state index in [1.165, 1.54) is 18.0 Å². The van der Waals surface area contributed by atoms with Gasteiger partial charge in [-0.15, -0.1) is 0 Å². The van der Waals surface area contributed by atoms with Crippen molar-refractivity contribution in [1.29, 1.82) is 10.8 Å². The van der Waals surface area contributed by atoms with Gasteiger partial charge in [0, 0.05) is 45.2 Å². The molecule has 2 saturated heterocycles. The van der Waals surface area contributed by atoms with Crippen LogP contribution in [0.4, 0.5) is 4.39 Å². The number of nitrogens with zero attached hydrogens (tertiary/aromatic N) is 2. The average molecular weight is 663 g/mol. The Balaban J connectivity index is 0.000000645. The molecular formula is C36H63FN6O4. The van der Waals surface area contributed by atoms with E-state index in [-0.39, 0.29) is 11.7 Å². The Hall–Kier alpha value is -2.99. The van der Waals surface area contributed by atoms with Gasteiger partial charge in [-0.05, 0) is 122 Å². The van der Waals surface area contributed by atoms with Crippen molar-refractivity contribution in [2.75, 3.05) is 47.4 Å². The molecule has 268 valence electrons. The molecule has 4 rings (SSSR count). The van der Waals surface area contributed by atoms with Crippen LogP contribution in [0.25, 0.3) is 0 Å². The number of aldehydes is 1. The summed E-state index contributed by atoms with van der Waals surface area (Å²) in [4.78, 5) is 25.4. The standard InChI is InChI=1S/C16H20N2O2.C6H13NO.C5H10FN.C5H12O.C4H8N2/c17-15-7-5-14(6-8-15)13-3-1-12(2-4-13)9-16(10-19)18-11-20;1-7-4-2-6(8)3-5-7;1-7-3-2-5(6)4-7;1-5(2,3)6-4;1-4(2-5)3-6/h1-4,10-11,14,16-17H,5-9H2,(H,18,20);6,8H,2-5H2,1H3;5H,2-4H2,1H3;1-4H3;2-3,5H,6H2,1H3/b;;;;4-3-,5-2?/t14?,16-;;5-;;/m0.0../s1. The summed E-state index contributed by atoms with van der Waals surface area (Å²) in [7, 11) is 5.74. The minimum Gasteiger partial charge on any atom is -0.404 e. The molecule has 3 aliphatic rings. The van der Waals surface area contributed by atoms with Gasteiger partial charge < -0.3 is 46.3 Å². The SMILES string of the molecule is C/C(C=N)=C/N.CN1CCC(O)CC1.CN1CC[C@H](F)C1.COC(C)(C)C.N=C1CCC(c2ccc(C[C@@H](C=O)NC=O)cc2)CC1. The molecule has 2 aliphatic heterocycles. The molecule has 2 atom stereocenters. The summed E-state index contributed by atoms with van der Waals surface area (Å²) < 4.78 is 17.1. The molecule has 6 N–H and O–H groups in total. The van der Waals surface area contributed by atoms with E-state index in [0.29, 0.717) is 25.3 Å². The fraction of sp³-hybridized carbons (Fsp3) is 0.667. The number of amides is 1. The Kier molecular flexibility index (Phi) is 23.5. The molecular weight excluding hydrogens is 599 g/mol. The number of halogens is 1. The smallest absolute Gasteiger partial charge is 0.207 e. The monoisotopic (exact) mass is 662 g/mol. The molecule has 1 aromatic carbocycles. The lowest BCUT2D eigenvalue weighted by atomic mass is 9.83. The van der Waals surface area contributed by atoms with Gasteiger partial charge in [0.2, 0.25) is 6.41 Å². The molecule has 1 aliphatic carbocycles. The van der Waals surface area contributed by atoms with Crippen LogP contribution in [-0.2, 0) is 20.7 Å². The first-order valence-corrected chi connectivity index (χ1v) is 16.6. The van der Waals surface area contributed by atoms with Crippen LogP contribution in [-0.4, -0.2) is 111 Å². The molecule has 1 saturated carbocycles. The van der Waals surface area contributed by atoms with Crippen molar-refractivity contribution in [2.45, 2.75) is 109 Å². The predicted molar refractivity (Wildman–Crippen MR) is 191 cm³/mol. The second-order valence-corrected chi connectivity index (χ2v) is 13.4. The van der Waals surface area contributed by atoms with Gasteiger partial charge in [-0.2, -0.15) is 0 Å². The van der Waals surface area contributed by atoms with Gasteiger partial charge >= 0.3 is 0 Å². The summed E-state index contributed by atoms with van der Waals surface area (Å²) in [5.74, 6) is 0.549. The van der Waals surface area contributed by atoms with Crippen LogP contribution in [0.5, 0.6) is 0 Å². The van der Waals surface area contributed by atoms with E-state index < -0.39 is 12.2 Å². The number of hydrogen-bond acceptors (Lipinski definition) is 9. The number of hydrogen-bond donors (Lipinski definition) is 5. The van der Waals surface area contributed by atoms with E-state index in [4.69, 9.17) is 26.4 Å². The van der Waals surface area contributed by atoms with Crippen molar-refractivity contribution in [3.8, 4) is 0 Å². The van der Waals surface area contributed by atoms with Gasteiger partial charge in [-0.25, -0.2) is 4.39 Å². The Morgan fingerprint density at radius 2 is 1.60 bits per heavy atom. The van der Waals surface area contributed by atoms with Crippen molar-refractivity contribution in [3.63, 3.8) is 0 Å². The van der Waals surface area contributed by atoms with Crippen molar-refractivity contribution in [1.82, 2.24) is 15.1 Å². The lowest BCUT2D eigenvalue weighted by Gasteiger charge is -2.25. The number of methoxy groups -OCH3 is 1. The maximum absolute atomic E-state index is 12.1. The maximum Gasteiger partial charge on any atom is 0.207 e. The number of nitrogens with one attached hydrogen (secondary N) is 3. The highest BCUT2D eigenvalue weighted by Gasteiger charge is 2.19. The first-order valence-electron chi connectivity index (χ1n) is 16.6. The van der Waals surface area contributed by atoms with Gasteiger partial charge in [0.05, 0.1) is 17.7 Å². The third kappa shape index (κ3) is 23.1. The number of allylic oxidation sites excluding steroid dienone is 1. The zero-order valence-electron chi connectivity index (χ0n) is 29.9. The highest BCUT2D eigenvalue weighted by Crippen LogP contribution is 2.31. The van der Waals surface area contributed by atoms with Gasteiger partial charge in [-0.1, -0.05) is 24.3 Å². The number of rotatable bonds is 7. The Morgan fingerprint density at radius 3 is 1.91 bits per heavy atom. The Morgan fingerprint density at radius 1 is 1.06 bits per heavy atom. The van der Waals surface area contributed by atoms with Crippen LogP contribution in [0.15, 0.2) is 36.0 Å². The molecule has 0 radical (unpaired) electrons. The summed E-state index contributed by atoms with van der Waals surface area (Å²) in [6, 6.07) is 7.82. The van der Waals surface area contributed by atoms with E-state index in [0.717, 1.165) is 87.7 Å². The lowest BCUT2D eigenvalue weighted by molar-refractivity contribution is -0.115. The number of aliphatic hydroxyl groups excluding tert-OH is 1. The van der Waals surface area contributed by atoms with Crippen molar-refractivity contribution < 1.29 is 23.8 Å². The first kappa shape index (κ1) is 44.0. The van der Waals surface area contributed by atoms with Crippen molar-refractivity contribution in [2.24, 2.45) is 5.73 Å². The van der Waals surface area contributed by atoms with Crippen LogP contribution in [0, 0.1) is 10.8 Å². The van der Waals surface area contributed by atoms with Crippen LogP contribution < -0.4 is 11.1 Å². The number of likely N-dealkylation sites (tertiary alicyclic amines) is 2. The van der Waals surface area contributed by atoms with Gasteiger partial charge in [-0.3, -0.25) is 4.79 Å². The number of benzene rings is 1. The molecule has 0 spiro atoms. The molecule has 0 bridgehead atoms. The van der Waals surface area contributed by atoms with E-state index in [2.05, 4.69) is 29.4 Å². The minimum atomic E-state index is -0.551. The number of carbonyl (C=O) groups is 2. The van der Waals surface area contributed by atoms with Crippen molar-refractivity contribution in [3.05, 3.63) is 47.2 Å². The molecule has 0 aromatic heterocycles. The van der Waals surface area contributed by atoms with E-state index in [9.17, 15) is 14.0 Å². The first-order chi connectivity index (χ1) is 22.2. The van der Waals surface area contributed by atoms with Crippen LogP contribution in [0.3, 0.4) is 0 Å². The Labute approximate surface area is 283 Å². The summed E-state index contributed by atoms with van der Waals surface area (Å²) in [5, 5.41) is 25.7. The van der Waals surface area contributed by atoms with Gasteiger partial charge in [0.15, 0.2) is 0 Å². The zero-order valence-corrected chi connectivity index (χ0v) is 29.9. The summed E-state index contributed by atoms with van der Waals surface area (Å²) >= 11 is 0. The largest absolute Gasteiger partial charge is 0.404 e. The van der Waals surface area contributed by atoms with Gasteiger partial charge in [0.25, 0.3) is 0 Å². The maximum atomic E-state index is 12.1. The molecule has 47 heavy (non-hydrogen) atoms. The topological polar surface area (TPSA) is 156 Å². The highest BCUT2D eigenvalue weighted by molar-refractivity contribution is 5.82.